The average Bonchev–Trinajstić information content (AvgIpc) is 2.03. The minimum Gasteiger partial charge on any atom is -0.351 e. The third kappa shape index (κ3) is 5.16. The highest BCUT2D eigenvalue weighted by atomic mass is 32.2. The summed E-state index contributed by atoms with van der Waals surface area (Å²) in [5.74, 6) is 1.08. The molecule has 3 N–H and O–H groups in total. The number of nitrogens with one attached hydrogen (secondary N) is 1. The van der Waals surface area contributed by atoms with Gasteiger partial charge in [0, 0.05) is 11.8 Å². The van der Waals surface area contributed by atoms with Gasteiger partial charge in [0.1, 0.15) is 0 Å². The molecule has 0 saturated carbocycles. The normalized spacial score (nSPS) is 15.5. The highest BCUT2D eigenvalue weighted by Crippen LogP contribution is 2.00. The predicted molar refractivity (Wildman–Crippen MR) is 58.8 cm³/mol. The third-order valence-electron chi connectivity index (χ3n) is 1.83. The molecule has 1 amide bonds. The first-order valence-corrected chi connectivity index (χ1v) is 5.93. The van der Waals surface area contributed by atoms with E-state index in [1.54, 1.807) is 11.8 Å². The van der Waals surface area contributed by atoms with Crippen molar-refractivity contribution in [2.45, 2.75) is 32.9 Å². The molecule has 0 aromatic rings. The first kappa shape index (κ1) is 12.8. The van der Waals surface area contributed by atoms with Crippen LogP contribution < -0.4 is 11.1 Å². The predicted octanol–water partition coefficient (Wildman–Crippen LogP) is 0.837. The van der Waals surface area contributed by atoms with Crippen LogP contribution >= 0.6 is 11.8 Å². The van der Waals surface area contributed by atoms with E-state index < -0.39 is 0 Å². The zero-order valence-corrected chi connectivity index (χ0v) is 9.65. The molecule has 0 fully saturated rings. The Morgan fingerprint density at radius 2 is 2.00 bits per heavy atom. The van der Waals surface area contributed by atoms with Gasteiger partial charge in [-0.1, -0.05) is 13.8 Å². The lowest BCUT2D eigenvalue weighted by molar-refractivity contribution is -0.123. The second-order valence-corrected chi connectivity index (χ2v) is 4.55. The molecule has 3 nitrogen and oxygen atoms in total. The van der Waals surface area contributed by atoms with E-state index in [1.165, 1.54) is 0 Å². The van der Waals surface area contributed by atoms with E-state index in [9.17, 15) is 4.79 Å². The quantitative estimate of drug-likeness (QED) is 0.697. The fourth-order valence-electron chi connectivity index (χ4n) is 0.933. The number of carbonyl (C=O) groups excluding carboxylic acids is 1. The van der Waals surface area contributed by atoms with Gasteiger partial charge in [-0.3, -0.25) is 4.79 Å². The van der Waals surface area contributed by atoms with Crippen LogP contribution in [-0.2, 0) is 4.79 Å². The van der Waals surface area contributed by atoms with E-state index in [4.69, 9.17) is 5.73 Å². The highest BCUT2D eigenvalue weighted by molar-refractivity contribution is 7.98. The zero-order valence-electron chi connectivity index (χ0n) is 8.83. The lowest BCUT2D eigenvalue weighted by Crippen LogP contribution is -2.47. The Hall–Kier alpha value is -0.220. The molecule has 0 heterocycles. The molecule has 0 saturated heterocycles. The van der Waals surface area contributed by atoms with Crippen molar-refractivity contribution in [3.63, 3.8) is 0 Å². The third-order valence-corrected chi connectivity index (χ3v) is 2.66. The van der Waals surface area contributed by atoms with Gasteiger partial charge < -0.3 is 11.1 Å². The molecule has 0 aliphatic carbocycles. The van der Waals surface area contributed by atoms with E-state index in [2.05, 4.69) is 5.32 Å². The molecule has 0 bridgehead atoms. The van der Waals surface area contributed by atoms with Gasteiger partial charge in [0.15, 0.2) is 0 Å². The Morgan fingerprint density at radius 1 is 1.46 bits per heavy atom. The lowest BCUT2D eigenvalue weighted by atomic mass is 10.0. The SMILES string of the molecule is CSCC(C)NC(=O)[C@H](N)C(C)C. The molecule has 0 spiro atoms. The Labute approximate surface area is 84.8 Å². The summed E-state index contributed by atoms with van der Waals surface area (Å²) >= 11 is 1.72. The maximum atomic E-state index is 11.4. The van der Waals surface area contributed by atoms with Crippen LogP contribution in [0.2, 0.25) is 0 Å². The summed E-state index contributed by atoms with van der Waals surface area (Å²) in [5.41, 5.74) is 5.69. The van der Waals surface area contributed by atoms with Crippen LogP contribution in [0.3, 0.4) is 0 Å². The Bertz CT molecular complexity index is 162. The monoisotopic (exact) mass is 204 g/mol. The largest absolute Gasteiger partial charge is 0.351 e. The van der Waals surface area contributed by atoms with Gasteiger partial charge in [0.25, 0.3) is 0 Å². The molecule has 0 aliphatic rings. The minimum absolute atomic E-state index is 0.0449. The molecule has 0 aromatic carbocycles. The number of carbonyl (C=O) groups is 1. The number of nitrogens with two attached hydrogens (primary N) is 1. The van der Waals surface area contributed by atoms with E-state index in [-0.39, 0.29) is 23.9 Å². The molecule has 1 unspecified atom stereocenters. The Balaban J connectivity index is 3.85. The standard InChI is InChI=1S/C9H20N2OS/c1-6(2)8(10)9(12)11-7(3)5-13-4/h6-8H,5,10H2,1-4H3,(H,11,12)/t7?,8-/m1/s1. The second-order valence-electron chi connectivity index (χ2n) is 3.63. The summed E-state index contributed by atoms with van der Waals surface area (Å²) in [5, 5.41) is 2.88. The number of amides is 1. The van der Waals surface area contributed by atoms with Gasteiger partial charge in [-0.15, -0.1) is 0 Å². The summed E-state index contributed by atoms with van der Waals surface area (Å²) in [6, 6.07) is -0.184. The van der Waals surface area contributed by atoms with Crippen LogP contribution in [0.25, 0.3) is 0 Å². The Kier molecular flexibility index (Phi) is 6.16. The molecule has 2 atom stereocenters. The smallest absolute Gasteiger partial charge is 0.237 e. The first-order chi connectivity index (χ1) is 5.99. The summed E-state index contributed by atoms with van der Waals surface area (Å²) in [4.78, 5) is 11.4. The molecule has 4 heteroatoms. The van der Waals surface area contributed by atoms with Crippen molar-refractivity contribution in [2.75, 3.05) is 12.0 Å². The summed E-state index contributed by atoms with van der Waals surface area (Å²) in [6.45, 7) is 5.88. The summed E-state index contributed by atoms with van der Waals surface area (Å²) in [7, 11) is 0. The average molecular weight is 204 g/mol. The van der Waals surface area contributed by atoms with Gasteiger partial charge in [-0.25, -0.2) is 0 Å². The lowest BCUT2D eigenvalue weighted by Gasteiger charge is -2.18. The number of rotatable bonds is 5. The van der Waals surface area contributed by atoms with E-state index in [0.717, 1.165) is 5.75 Å². The molecule has 0 aromatic heterocycles. The fourth-order valence-corrected chi connectivity index (χ4v) is 1.52. The second kappa shape index (κ2) is 6.27. The van der Waals surface area contributed by atoms with Crippen LogP contribution in [0.4, 0.5) is 0 Å². The van der Waals surface area contributed by atoms with Gasteiger partial charge in [0.05, 0.1) is 6.04 Å². The number of hydrogen-bond acceptors (Lipinski definition) is 3. The van der Waals surface area contributed by atoms with E-state index >= 15 is 0 Å². The van der Waals surface area contributed by atoms with Crippen molar-refractivity contribution >= 4 is 17.7 Å². The molecule has 13 heavy (non-hydrogen) atoms. The van der Waals surface area contributed by atoms with E-state index in [1.807, 2.05) is 27.0 Å². The Morgan fingerprint density at radius 3 is 2.38 bits per heavy atom. The van der Waals surface area contributed by atoms with Crippen molar-refractivity contribution in [1.29, 1.82) is 0 Å². The fraction of sp³-hybridized carbons (Fsp3) is 0.889. The zero-order chi connectivity index (χ0) is 10.4. The first-order valence-electron chi connectivity index (χ1n) is 4.54. The number of thioether (sulfide) groups is 1. The van der Waals surface area contributed by atoms with Gasteiger partial charge in [-0.2, -0.15) is 11.8 Å². The van der Waals surface area contributed by atoms with Gasteiger partial charge in [-0.05, 0) is 19.1 Å². The van der Waals surface area contributed by atoms with Crippen LogP contribution in [0, 0.1) is 5.92 Å². The van der Waals surface area contributed by atoms with Gasteiger partial charge >= 0.3 is 0 Å². The maximum absolute atomic E-state index is 11.4. The van der Waals surface area contributed by atoms with Crippen LogP contribution in [-0.4, -0.2) is 30.0 Å². The van der Waals surface area contributed by atoms with Crippen molar-refractivity contribution < 1.29 is 4.79 Å². The summed E-state index contributed by atoms with van der Waals surface area (Å²) < 4.78 is 0. The van der Waals surface area contributed by atoms with Crippen molar-refractivity contribution in [3.8, 4) is 0 Å². The molecule has 0 radical (unpaired) electrons. The molecule has 0 rings (SSSR count). The van der Waals surface area contributed by atoms with Crippen molar-refractivity contribution in [3.05, 3.63) is 0 Å². The number of hydrogen-bond donors (Lipinski definition) is 2. The van der Waals surface area contributed by atoms with Gasteiger partial charge in [0.2, 0.25) is 5.91 Å². The molecule has 0 aliphatic heterocycles. The van der Waals surface area contributed by atoms with Crippen LogP contribution in [0.1, 0.15) is 20.8 Å². The molecular weight excluding hydrogens is 184 g/mol. The topological polar surface area (TPSA) is 55.1 Å². The van der Waals surface area contributed by atoms with Crippen molar-refractivity contribution in [1.82, 2.24) is 5.32 Å². The molecule has 78 valence electrons. The van der Waals surface area contributed by atoms with Crippen LogP contribution in [0.5, 0.6) is 0 Å². The van der Waals surface area contributed by atoms with E-state index in [0.29, 0.717) is 0 Å². The minimum atomic E-state index is -0.385. The highest BCUT2D eigenvalue weighted by Gasteiger charge is 2.18. The summed E-state index contributed by atoms with van der Waals surface area (Å²) in [6.07, 6.45) is 2.02. The molecular formula is C9H20N2OS. The van der Waals surface area contributed by atoms with Crippen LogP contribution in [0.15, 0.2) is 0 Å². The maximum Gasteiger partial charge on any atom is 0.237 e. The van der Waals surface area contributed by atoms with Crippen molar-refractivity contribution in [2.24, 2.45) is 11.7 Å².